The van der Waals surface area contributed by atoms with E-state index in [2.05, 4.69) is 0 Å². The van der Waals surface area contributed by atoms with Crippen LogP contribution in [0.2, 0.25) is 0 Å². The molecule has 0 aromatic carbocycles. The molecule has 17 heavy (non-hydrogen) atoms. The smallest absolute Gasteiger partial charge is 0.113 e. The molecule has 2 rings (SSSR count). The van der Waals surface area contributed by atoms with Crippen molar-refractivity contribution >= 4 is 0 Å². The van der Waals surface area contributed by atoms with Crippen LogP contribution in [0, 0.1) is 0 Å². The van der Waals surface area contributed by atoms with E-state index < -0.39 is 49.3 Å². The Morgan fingerprint density at radius 2 is 1.53 bits per heavy atom. The second kappa shape index (κ2) is 5.15. The van der Waals surface area contributed by atoms with Gasteiger partial charge in [-0.15, -0.1) is 0 Å². The summed E-state index contributed by atoms with van der Waals surface area (Å²) in [5, 5.41) is 46.8. The Morgan fingerprint density at radius 3 is 2.00 bits per heavy atom. The van der Waals surface area contributed by atoms with E-state index in [9.17, 15) is 15.3 Å². The molecule has 100 valence electrons. The van der Waals surface area contributed by atoms with Crippen LogP contribution in [-0.4, -0.2) is 81.5 Å². The third kappa shape index (κ3) is 2.32. The van der Waals surface area contributed by atoms with Gasteiger partial charge in [-0.2, -0.15) is 0 Å². The van der Waals surface area contributed by atoms with Crippen molar-refractivity contribution in [3.8, 4) is 0 Å². The fraction of sp³-hybridized carbons (Fsp3) is 1.00. The molecule has 0 radical (unpaired) electrons. The lowest BCUT2D eigenvalue weighted by Gasteiger charge is -2.21. The largest absolute Gasteiger partial charge is 0.394 e. The zero-order chi connectivity index (χ0) is 12.6. The number of ether oxygens (including phenoxy) is 2. The monoisotopic (exact) mass is 250 g/mol. The van der Waals surface area contributed by atoms with Gasteiger partial charge in [0, 0.05) is 6.42 Å². The molecule has 2 saturated heterocycles. The molecule has 0 spiro atoms. The van der Waals surface area contributed by atoms with E-state index in [0.717, 1.165) is 0 Å². The zero-order valence-corrected chi connectivity index (χ0v) is 9.22. The van der Waals surface area contributed by atoms with Crippen LogP contribution in [0.4, 0.5) is 0 Å². The van der Waals surface area contributed by atoms with Crippen molar-refractivity contribution in [3.05, 3.63) is 0 Å². The molecule has 2 fully saturated rings. The highest BCUT2D eigenvalue weighted by Crippen LogP contribution is 2.31. The van der Waals surface area contributed by atoms with Crippen molar-refractivity contribution in [2.24, 2.45) is 0 Å². The average molecular weight is 250 g/mol. The lowest BCUT2D eigenvalue weighted by atomic mass is 10.0. The number of aliphatic hydroxyl groups excluding tert-OH is 5. The summed E-state index contributed by atoms with van der Waals surface area (Å²) in [4.78, 5) is 0. The molecule has 2 aliphatic heterocycles. The molecule has 0 bridgehead atoms. The molecule has 0 aromatic heterocycles. The van der Waals surface area contributed by atoms with E-state index in [0.29, 0.717) is 0 Å². The van der Waals surface area contributed by atoms with Gasteiger partial charge in [-0.05, 0) is 0 Å². The van der Waals surface area contributed by atoms with Crippen molar-refractivity contribution in [3.63, 3.8) is 0 Å². The molecule has 0 aromatic rings. The maximum atomic E-state index is 9.75. The number of aliphatic hydroxyl groups is 5. The van der Waals surface area contributed by atoms with Crippen LogP contribution in [0.1, 0.15) is 6.42 Å². The van der Waals surface area contributed by atoms with Crippen LogP contribution >= 0.6 is 0 Å². The van der Waals surface area contributed by atoms with Gasteiger partial charge in [-0.1, -0.05) is 0 Å². The summed E-state index contributed by atoms with van der Waals surface area (Å²) < 4.78 is 10.6. The summed E-state index contributed by atoms with van der Waals surface area (Å²) >= 11 is 0. The summed E-state index contributed by atoms with van der Waals surface area (Å²) in [5.74, 6) is 0. The Labute approximate surface area is 98.2 Å². The van der Waals surface area contributed by atoms with E-state index >= 15 is 0 Å². The molecule has 0 saturated carbocycles. The van der Waals surface area contributed by atoms with E-state index in [4.69, 9.17) is 19.7 Å². The predicted octanol–water partition coefficient (Wildman–Crippen LogP) is -3.02. The number of hydrogen-bond donors (Lipinski definition) is 5. The summed E-state index contributed by atoms with van der Waals surface area (Å²) in [5.41, 5.74) is 0. The van der Waals surface area contributed by atoms with Crippen molar-refractivity contribution < 1.29 is 35.0 Å². The van der Waals surface area contributed by atoms with Gasteiger partial charge in [0.1, 0.15) is 30.5 Å². The van der Waals surface area contributed by atoms with Crippen LogP contribution in [-0.2, 0) is 9.47 Å². The molecule has 2 unspecified atom stereocenters. The first-order chi connectivity index (χ1) is 8.08. The summed E-state index contributed by atoms with van der Waals surface area (Å²) in [6.45, 7) is -0.708. The van der Waals surface area contributed by atoms with Gasteiger partial charge in [-0.3, -0.25) is 0 Å². The van der Waals surface area contributed by atoms with Crippen LogP contribution in [0.3, 0.4) is 0 Å². The fourth-order valence-corrected chi connectivity index (χ4v) is 2.37. The van der Waals surface area contributed by atoms with Crippen molar-refractivity contribution in [1.82, 2.24) is 0 Å². The zero-order valence-electron chi connectivity index (χ0n) is 9.22. The molecule has 2 aliphatic rings. The number of hydrogen-bond acceptors (Lipinski definition) is 7. The highest BCUT2D eigenvalue weighted by Gasteiger charge is 2.49. The average Bonchev–Trinajstić information content (AvgIpc) is 2.82. The molecule has 5 N–H and O–H groups in total. The summed E-state index contributed by atoms with van der Waals surface area (Å²) in [7, 11) is 0. The quantitative estimate of drug-likeness (QED) is 0.361. The minimum atomic E-state index is -1.17. The molecular formula is C10H18O7. The summed E-state index contributed by atoms with van der Waals surface area (Å²) in [6.07, 6.45) is -5.86. The van der Waals surface area contributed by atoms with Crippen molar-refractivity contribution in [2.45, 2.75) is 49.1 Å². The molecule has 7 atom stereocenters. The minimum Gasteiger partial charge on any atom is -0.394 e. The Kier molecular flexibility index (Phi) is 3.99. The van der Waals surface area contributed by atoms with Crippen molar-refractivity contribution in [2.75, 3.05) is 13.2 Å². The van der Waals surface area contributed by atoms with Crippen LogP contribution in [0.15, 0.2) is 0 Å². The second-order valence-corrected chi connectivity index (χ2v) is 4.50. The third-order valence-corrected chi connectivity index (χ3v) is 3.38. The first-order valence-electron chi connectivity index (χ1n) is 5.65. The molecule has 2 heterocycles. The highest BCUT2D eigenvalue weighted by molar-refractivity contribution is 4.98. The molecular weight excluding hydrogens is 232 g/mol. The maximum absolute atomic E-state index is 9.75. The molecule has 0 aliphatic carbocycles. The standard InChI is InChI=1S/C10H18O7/c11-2-6-4(13)1-5(16-6)10-9(15)8(14)7(3-12)17-10/h4-15H,1-3H2/t4-,5?,6+,7+,8+,9+,10?/m0/s1. The molecule has 7 nitrogen and oxygen atoms in total. The highest BCUT2D eigenvalue weighted by atomic mass is 16.6. The minimum absolute atomic E-state index is 0.220. The Balaban J connectivity index is 2.00. The lowest BCUT2D eigenvalue weighted by molar-refractivity contribution is -0.105. The lowest BCUT2D eigenvalue weighted by Crippen LogP contribution is -2.39. The molecule has 0 amide bonds. The van der Waals surface area contributed by atoms with Crippen LogP contribution < -0.4 is 0 Å². The third-order valence-electron chi connectivity index (χ3n) is 3.38. The van der Waals surface area contributed by atoms with Crippen LogP contribution in [0.5, 0.6) is 0 Å². The van der Waals surface area contributed by atoms with Gasteiger partial charge in [0.25, 0.3) is 0 Å². The predicted molar refractivity (Wildman–Crippen MR) is 54.1 cm³/mol. The van der Waals surface area contributed by atoms with Gasteiger partial charge in [0.2, 0.25) is 0 Å². The Bertz CT molecular complexity index is 261. The molecule has 7 heteroatoms. The Hall–Kier alpha value is -0.280. The van der Waals surface area contributed by atoms with E-state index in [1.165, 1.54) is 0 Å². The SMILES string of the molecule is OC[C@H]1OC(C2C[C@H](O)[C@@H](CO)O2)[C@H](O)[C@@H]1O. The van der Waals surface area contributed by atoms with E-state index in [1.807, 2.05) is 0 Å². The number of rotatable bonds is 3. The van der Waals surface area contributed by atoms with E-state index in [-0.39, 0.29) is 13.0 Å². The van der Waals surface area contributed by atoms with Gasteiger partial charge in [0.05, 0.1) is 25.4 Å². The normalized spacial score (nSPS) is 51.0. The first-order valence-corrected chi connectivity index (χ1v) is 5.65. The second-order valence-electron chi connectivity index (χ2n) is 4.50. The first kappa shape index (κ1) is 13.2. The van der Waals surface area contributed by atoms with E-state index in [1.54, 1.807) is 0 Å². The van der Waals surface area contributed by atoms with Gasteiger partial charge >= 0.3 is 0 Å². The van der Waals surface area contributed by atoms with Crippen molar-refractivity contribution in [1.29, 1.82) is 0 Å². The Morgan fingerprint density at radius 1 is 0.882 bits per heavy atom. The van der Waals surface area contributed by atoms with Gasteiger partial charge in [-0.25, -0.2) is 0 Å². The van der Waals surface area contributed by atoms with Gasteiger partial charge in [0.15, 0.2) is 0 Å². The fourth-order valence-electron chi connectivity index (χ4n) is 2.37. The van der Waals surface area contributed by atoms with Gasteiger partial charge < -0.3 is 35.0 Å². The van der Waals surface area contributed by atoms with Crippen LogP contribution in [0.25, 0.3) is 0 Å². The summed E-state index contributed by atoms with van der Waals surface area (Å²) in [6, 6.07) is 0. The topological polar surface area (TPSA) is 120 Å². The maximum Gasteiger partial charge on any atom is 0.113 e.